The number of fused-ring (bicyclic) bond motifs is 7. The first kappa shape index (κ1) is 24.6. The smallest absolute Gasteiger partial charge is 0.334 e. The molecule has 0 bridgehead atoms. The maximum absolute atomic E-state index is 12.9. The number of hydrogen-bond acceptors (Lipinski definition) is 6. The van der Waals surface area contributed by atoms with Crippen molar-refractivity contribution < 1.29 is 19.9 Å². The Bertz CT molecular complexity index is 1050. The van der Waals surface area contributed by atoms with Crippen molar-refractivity contribution in [1.82, 2.24) is 0 Å². The Balaban J connectivity index is 1.57. The minimum absolute atomic E-state index is 0.0226. The lowest BCUT2D eigenvalue weighted by Crippen LogP contribution is -2.64. The van der Waals surface area contributed by atoms with Gasteiger partial charge in [-0.1, -0.05) is 49.7 Å². The lowest BCUT2D eigenvalue weighted by atomic mass is 9.36. The normalized spacial score (nSPS) is 46.7. The molecule has 8 atom stereocenters. The zero-order chi connectivity index (χ0) is 25.3. The van der Waals surface area contributed by atoms with Crippen molar-refractivity contribution in [3.63, 3.8) is 0 Å². The van der Waals surface area contributed by atoms with Crippen molar-refractivity contribution in [2.45, 2.75) is 99.0 Å². The van der Waals surface area contributed by atoms with Gasteiger partial charge in [0.2, 0.25) is 0 Å². The van der Waals surface area contributed by atoms with Crippen LogP contribution in [-0.2, 0) is 9.53 Å². The summed E-state index contributed by atoms with van der Waals surface area (Å²) in [5.41, 5.74) is 5.02. The van der Waals surface area contributed by atoms with Crippen LogP contribution in [-0.4, -0.2) is 33.9 Å². The first-order valence-corrected chi connectivity index (χ1v) is 13.5. The minimum atomic E-state index is -0.142. The molecule has 4 saturated carbocycles. The second-order valence-corrected chi connectivity index (χ2v) is 13.0. The van der Waals surface area contributed by atoms with Gasteiger partial charge in [-0.2, -0.15) is 0 Å². The number of carbonyl (C=O) groups is 1. The highest BCUT2D eigenvalue weighted by Gasteiger charge is 2.71. The number of hydrogen-bond donors (Lipinski definition) is 2. The quantitative estimate of drug-likeness (QED) is 0.207. The molecule has 0 aromatic rings. The molecule has 1 heterocycles. The van der Waals surface area contributed by atoms with Crippen LogP contribution in [0.3, 0.4) is 0 Å². The molecule has 6 heteroatoms. The fourth-order valence-corrected chi connectivity index (χ4v) is 9.56. The molecule has 0 saturated heterocycles. The first-order chi connectivity index (χ1) is 16.5. The molecule has 2 N–H and O–H groups in total. The number of ether oxygens (including phenoxy) is 1. The van der Waals surface area contributed by atoms with E-state index in [0.29, 0.717) is 12.3 Å². The average molecular weight is 483 g/mol. The Morgan fingerprint density at radius 3 is 2.49 bits per heavy atom. The SMILES string of the molecule is CC(C)=CCCC1=C2[C@H](C[C@@]3(C)[C@H]2C/C(=N\O)[C@H]2[C@@]4(C)CC/C(=N\O)[C@@H](C)[C@@H]4CC[C@@]23C)OC1=O. The van der Waals surface area contributed by atoms with Crippen LogP contribution in [0.25, 0.3) is 0 Å². The summed E-state index contributed by atoms with van der Waals surface area (Å²) < 4.78 is 6.00. The summed E-state index contributed by atoms with van der Waals surface area (Å²) in [7, 11) is 0. The number of carbonyl (C=O) groups excluding carboxylic acids is 1. The van der Waals surface area contributed by atoms with Gasteiger partial charge in [0.1, 0.15) is 6.10 Å². The van der Waals surface area contributed by atoms with E-state index in [1.165, 1.54) is 11.1 Å². The second-order valence-electron chi connectivity index (χ2n) is 13.0. The van der Waals surface area contributed by atoms with E-state index in [0.717, 1.165) is 61.9 Å². The van der Waals surface area contributed by atoms with E-state index in [1.54, 1.807) is 0 Å². The van der Waals surface area contributed by atoms with Gasteiger partial charge >= 0.3 is 5.97 Å². The highest BCUT2D eigenvalue weighted by atomic mass is 16.5. The van der Waals surface area contributed by atoms with E-state index >= 15 is 0 Å². The maximum Gasteiger partial charge on any atom is 0.334 e. The zero-order valence-electron chi connectivity index (χ0n) is 22.2. The van der Waals surface area contributed by atoms with Gasteiger partial charge in [-0.25, -0.2) is 4.79 Å². The number of nitrogens with zero attached hydrogens (tertiary/aromatic N) is 2. The number of rotatable bonds is 3. The Hall–Kier alpha value is -2.11. The fraction of sp³-hybridized carbons (Fsp3) is 0.759. The van der Waals surface area contributed by atoms with Gasteiger partial charge in [-0.3, -0.25) is 0 Å². The van der Waals surface area contributed by atoms with Gasteiger partial charge in [0.15, 0.2) is 0 Å². The highest BCUT2D eigenvalue weighted by molar-refractivity contribution is 5.95. The molecular formula is C29H42N2O4. The Morgan fingerprint density at radius 1 is 1.11 bits per heavy atom. The molecule has 5 aliphatic rings. The van der Waals surface area contributed by atoms with Crippen LogP contribution in [0.2, 0.25) is 0 Å². The van der Waals surface area contributed by atoms with Crippen LogP contribution in [0.4, 0.5) is 0 Å². The van der Waals surface area contributed by atoms with Crippen LogP contribution in [0.1, 0.15) is 92.9 Å². The van der Waals surface area contributed by atoms with Gasteiger partial charge in [0, 0.05) is 17.4 Å². The van der Waals surface area contributed by atoms with Gasteiger partial charge in [0.25, 0.3) is 0 Å². The van der Waals surface area contributed by atoms with Crippen LogP contribution >= 0.6 is 0 Å². The molecule has 5 rings (SSSR count). The Morgan fingerprint density at radius 2 is 1.83 bits per heavy atom. The van der Waals surface area contributed by atoms with Gasteiger partial charge < -0.3 is 15.2 Å². The lowest BCUT2D eigenvalue weighted by Gasteiger charge is -2.67. The summed E-state index contributed by atoms with van der Waals surface area (Å²) in [4.78, 5) is 12.9. The van der Waals surface area contributed by atoms with Crippen molar-refractivity contribution in [3.05, 3.63) is 22.8 Å². The average Bonchev–Trinajstić information content (AvgIpc) is 3.24. The molecule has 0 amide bonds. The van der Waals surface area contributed by atoms with Crippen molar-refractivity contribution in [3.8, 4) is 0 Å². The summed E-state index contributed by atoms with van der Waals surface area (Å²) in [6, 6.07) is 0. The third kappa shape index (κ3) is 3.23. The maximum atomic E-state index is 12.9. The van der Waals surface area contributed by atoms with Gasteiger partial charge in [-0.15, -0.1) is 0 Å². The number of oxime groups is 2. The lowest BCUT2D eigenvalue weighted by molar-refractivity contribution is -0.147. The molecule has 0 unspecified atom stereocenters. The predicted molar refractivity (Wildman–Crippen MR) is 136 cm³/mol. The van der Waals surface area contributed by atoms with Crippen molar-refractivity contribution in [2.24, 2.45) is 50.2 Å². The Labute approximate surface area is 209 Å². The largest absolute Gasteiger partial charge is 0.454 e. The number of allylic oxidation sites excluding steroid dienone is 2. The third-order valence-electron chi connectivity index (χ3n) is 11.4. The van der Waals surface area contributed by atoms with Gasteiger partial charge in [0.05, 0.1) is 11.4 Å². The minimum Gasteiger partial charge on any atom is -0.454 e. The second kappa shape index (κ2) is 8.21. The predicted octanol–water partition coefficient (Wildman–Crippen LogP) is 6.51. The van der Waals surface area contributed by atoms with E-state index in [1.807, 2.05) is 0 Å². The summed E-state index contributed by atoms with van der Waals surface area (Å²) in [6.45, 7) is 13.6. The molecule has 4 aliphatic carbocycles. The van der Waals surface area contributed by atoms with Gasteiger partial charge in [-0.05, 0) is 98.9 Å². The van der Waals surface area contributed by atoms with Crippen molar-refractivity contribution in [1.29, 1.82) is 0 Å². The van der Waals surface area contributed by atoms with E-state index in [9.17, 15) is 15.2 Å². The highest BCUT2D eigenvalue weighted by Crippen LogP contribution is 2.74. The van der Waals surface area contributed by atoms with E-state index in [4.69, 9.17) is 4.74 Å². The van der Waals surface area contributed by atoms with Crippen LogP contribution in [0.15, 0.2) is 33.1 Å². The molecule has 0 radical (unpaired) electrons. The summed E-state index contributed by atoms with van der Waals surface area (Å²) >= 11 is 0. The topological polar surface area (TPSA) is 91.5 Å². The van der Waals surface area contributed by atoms with Crippen LogP contribution in [0.5, 0.6) is 0 Å². The summed E-state index contributed by atoms with van der Waals surface area (Å²) in [5.74, 6) is 0.809. The molecule has 35 heavy (non-hydrogen) atoms. The zero-order valence-corrected chi connectivity index (χ0v) is 22.2. The molecule has 0 aromatic heterocycles. The van der Waals surface area contributed by atoms with E-state index in [-0.39, 0.29) is 46.1 Å². The standard InChI is InChI=1S/C29H42N2O4/c1-16(2)8-7-9-18-24-20-14-22(31-34)25-27(4)12-11-21(30-33)17(3)19(27)10-13-28(25,5)29(20,6)15-23(24)35-26(18)32/h8,17,19-20,23,25,33-34H,7,9-15H2,1-6H3/b30-21+,31-22+/t17-,19-,20-,23-,25-,27-,28-,29-/m0/s1. The molecule has 6 nitrogen and oxygen atoms in total. The Kier molecular flexibility index (Phi) is 5.76. The third-order valence-corrected chi connectivity index (χ3v) is 11.4. The van der Waals surface area contributed by atoms with Crippen molar-refractivity contribution in [2.75, 3.05) is 0 Å². The number of esters is 1. The molecule has 0 aromatic carbocycles. The molecular weight excluding hydrogens is 440 g/mol. The molecule has 4 fully saturated rings. The van der Waals surface area contributed by atoms with Crippen molar-refractivity contribution >= 4 is 17.4 Å². The summed E-state index contributed by atoms with van der Waals surface area (Å²) in [6.07, 6.45) is 9.00. The first-order valence-electron chi connectivity index (χ1n) is 13.5. The fourth-order valence-electron chi connectivity index (χ4n) is 9.56. The monoisotopic (exact) mass is 482 g/mol. The van der Waals surface area contributed by atoms with E-state index in [2.05, 4.69) is 57.9 Å². The molecule has 0 spiro atoms. The van der Waals surface area contributed by atoms with E-state index < -0.39 is 0 Å². The van der Waals surface area contributed by atoms with Crippen LogP contribution in [0, 0.1) is 39.9 Å². The van der Waals surface area contributed by atoms with Crippen LogP contribution < -0.4 is 0 Å². The molecule has 1 aliphatic heterocycles. The summed E-state index contributed by atoms with van der Waals surface area (Å²) in [5, 5.41) is 27.6. The molecule has 192 valence electrons.